The summed E-state index contributed by atoms with van der Waals surface area (Å²) in [5, 5.41) is 3.75. The third kappa shape index (κ3) is 1.73. The number of benzene rings is 3. The average molecular weight is 357 g/mol. The van der Waals surface area contributed by atoms with Gasteiger partial charge in [-0.25, -0.2) is 0 Å². The minimum atomic E-state index is -2.21. The lowest BCUT2D eigenvalue weighted by atomic mass is 10.3. The van der Waals surface area contributed by atoms with E-state index in [1.54, 1.807) is 0 Å². The van der Waals surface area contributed by atoms with Crippen LogP contribution in [0.15, 0.2) is 60.7 Å². The molecule has 2 heterocycles. The van der Waals surface area contributed by atoms with Crippen LogP contribution in [0.4, 0.5) is 0 Å². The predicted octanol–water partition coefficient (Wildman–Crippen LogP) is 4.31. The molecule has 5 rings (SSSR count). The molecule has 2 aliphatic heterocycles. The fraction of sp³-hybridized carbons (Fsp3) is 0. The molecule has 2 aliphatic rings. The van der Waals surface area contributed by atoms with Crippen LogP contribution in [0.25, 0.3) is 0 Å². The molecule has 0 aromatic heterocycles. The van der Waals surface area contributed by atoms with E-state index in [2.05, 4.69) is 6.07 Å². The fourth-order valence-electron chi connectivity index (χ4n) is 3.22. The van der Waals surface area contributed by atoms with Crippen molar-refractivity contribution >= 4 is 45.4 Å². The van der Waals surface area contributed by atoms with Crippen molar-refractivity contribution in [1.29, 1.82) is 0 Å². The van der Waals surface area contributed by atoms with E-state index in [1.165, 1.54) is 0 Å². The smallest absolute Gasteiger partial charge is 0.140 e. The second-order valence-electron chi connectivity index (χ2n) is 5.50. The van der Waals surface area contributed by atoms with Gasteiger partial charge in [-0.1, -0.05) is 41.6 Å². The number of halogens is 1. The number of hydrogen-bond donors (Lipinski definition) is 0. The number of ether oxygens (including phenoxy) is 2. The molecular formula is C18H10ClO2PS. The van der Waals surface area contributed by atoms with Crippen LogP contribution >= 0.6 is 17.6 Å². The van der Waals surface area contributed by atoms with E-state index in [4.69, 9.17) is 32.9 Å². The Hall–Kier alpha value is -1.80. The molecule has 1 unspecified atom stereocenters. The molecule has 0 aliphatic carbocycles. The molecule has 0 radical (unpaired) electrons. The van der Waals surface area contributed by atoms with Crippen LogP contribution in [0.3, 0.4) is 0 Å². The molecule has 1 atom stereocenters. The zero-order valence-electron chi connectivity index (χ0n) is 11.8. The summed E-state index contributed by atoms with van der Waals surface area (Å²) in [5.74, 6) is 3.16. The maximum Gasteiger partial charge on any atom is 0.140 e. The Labute approximate surface area is 143 Å². The van der Waals surface area contributed by atoms with E-state index in [0.717, 1.165) is 38.9 Å². The molecule has 0 saturated heterocycles. The predicted molar refractivity (Wildman–Crippen MR) is 97.7 cm³/mol. The quantitative estimate of drug-likeness (QED) is 0.385. The first-order valence-electron chi connectivity index (χ1n) is 7.17. The zero-order chi connectivity index (χ0) is 15.6. The van der Waals surface area contributed by atoms with Gasteiger partial charge in [-0.15, -0.1) is 0 Å². The Morgan fingerprint density at radius 2 is 1.39 bits per heavy atom. The molecule has 23 heavy (non-hydrogen) atoms. The SMILES string of the molecule is S=P12c3ccccc3Oc3cccc(c31)Oc1cc(Cl)ccc12. The van der Waals surface area contributed by atoms with Crippen molar-refractivity contribution in [3.05, 3.63) is 65.7 Å². The summed E-state index contributed by atoms with van der Waals surface area (Å²) < 4.78 is 12.2. The van der Waals surface area contributed by atoms with Gasteiger partial charge >= 0.3 is 0 Å². The third-order valence-corrected chi connectivity index (χ3v) is 9.31. The van der Waals surface area contributed by atoms with E-state index in [-0.39, 0.29) is 0 Å². The lowest BCUT2D eigenvalue weighted by Gasteiger charge is -2.37. The van der Waals surface area contributed by atoms with Gasteiger partial charge in [-0.05, 0) is 36.4 Å². The van der Waals surface area contributed by atoms with Gasteiger partial charge in [0.15, 0.2) is 0 Å². The van der Waals surface area contributed by atoms with Crippen molar-refractivity contribution in [1.82, 2.24) is 0 Å². The van der Waals surface area contributed by atoms with Crippen LogP contribution in [-0.2, 0) is 11.8 Å². The van der Waals surface area contributed by atoms with Crippen LogP contribution in [0.5, 0.6) is 23.0 Å². The minimum absolute atomic E-state index is 0.645. The summed E-state index contributed by atoms with van der Waals surface area (Å²) >= 11 is 12.5. The standard InChI is InChI=1S/C18H10ClO2PS/c19-11-8-9-17-15(10-11)21-14-6-3-5-13-18(14)22(17,23)16-7-2-1-4-12(16)20-13/h1-10H. The lowest BCUT2D eigenvalue weighted by molar-refractivity contribution is 0.466. The molecule has 0 amide bonds. The van der Waals surface area contributed by atoms with Crippen LogP contribution in [0.1, 0.15) is 0 Å². The maximum atomic E-state index is 6.31. The van der Waals surface area contributed by atoms with Crippen molar-refractivity contribution in [2.45, 2.75) is 0 Å². The van der Waals surface area contributed by atoms with Gasteiger partial charge in [0.05, 0.1) is 11.3 Å². The van der Waals surface area contributed by atoms with Crippen molar-refractivity contribution in [2.24, 2.45) is 0 Å². The number of fused-ring (bicyclic) bond motifs is 4. The first-order valence-corrected chi connectivity index (χ1v) is 10.3. The molecule has 3 aromatic rings. The second kappa shape index (κ2) is 4.61. The van der Waals surface area contributed by atoms with Crippen LogP contribution in [0, 0.1) is 0 Å². The second-order valence-corrected chi connectivity index (χ2v) is 10.2. The topological polar surface area (TPSA) is 18.5 Å². The molecule has 3 aromatic carbocycles. The summed E-state index contributed by atoms with van der Waals surface area (Å²) in [4.78, 5) is 0. The summed E-state index contributed by atoms with van der Waals surface area (Å²) in [6.45, 7) is 0. The molecular weight excluding hydrogens is 347 g/mol. The summed E-state index contributed by atoms with van der Waals surface area (Å²) in [6, 6.07) is 17.4. The van der Waals surface area contributed by atoms with Gasteiger partial charge in [-0.3, -0.25) is 0 Å². The fourth-order valence-corrected chi connectivity index (χ4v) is 7.86. The lowest BCUT2D eigenvalue weighted by Crippen LogP contribution is -2.34. The van der Waals surface area contributed by atoms with Crippen molar-refractivity contribution in [3.8, 4) is 23.0 Å². The number of hydrogen-bond acceptors (Lipinski definition) is 3. The normalized spacial score (nSPS) is 19.7. The highest BCUT2D eigenvalue weighted by molar-refractivity contribution is 8.26. The number of rotatable bonds is 0. The van der Waals surface area contributed by atoms with E-state index in [0.29, 0.717) is 5.02 Å². The van der Waals surface area contributed by atoms with E-state index in [1.807, 2.05) is 54.6 Å². The Balaban J connectivity index is 1.95. The van der Waals surface area contributed by atoms with Crippen LogP contribution in [0.2, 0.25) is 5.02 Å². The third-order valence-electron chi connectivity index (χ3n) is 4.18. The summed E-state index contributed by atoms with van der Waals surface area (Å²) in [7, 11) is 0. The summed E-state index contributed by atoms with van der Waals surface area (Å²) in [5.41, 5.74) is 0. The first-order chi connectivity index (χ1) is 11.2. The molecule has 0 bridgehead atoms. The van der Waals surface area contributed by atoms with Crippen LogP contribution in [-0.4, -0.2) is 0 Å². The zero-order valence-corrected chi connectivity index (χ0v) is 14.3. The first kappa shape index (κ1) is 13.6. The Bertz CT molecular complexity index is 1030. The van der Waals surface area contributed by atoms with Crippen LogP contribution < -0.4 is 25.4 Å². The molecule has 112 valence electrons. The highest BCUT2D eigenvalue weighted by atomic mass is 35.5. The van der Waals surface area contributed by atoms with Crippen molar-refractivity contribution in [2.75, 3.05) is 0 Å². The molecule has 0 N–H and O–H groups in total. The molecule has 0 saturated carbocycles. The van der Waals surface area contributed by atoms with Gasteiger partial charge in [-0.2, -0.15) is 0 Å². The van der Waals surface area contributed by atoms with E-state index < -0.39 is 6.04 Å². The highest BCUT2D eigenvalue weighted by Gasteiger charge is 2.42. The molecule has 2 nitrogen and oxygen atoms in total. The highest BCUT2D eigenvalue weighted by Crippen LogP contribution is 2.58. The molecule has 0 fully saturated rings. The largest absolute Gasteiger partial charge is 0.456 e. The average Bonchev–Trinajstić information content (AvgIpc) is 2.55. The van der Waals surface area contributed by atoms with Gasteiger partial charge < -0.3 is 9.47 Å². The Kier molecular flexibility index (Phi) is 2.73. The molecule has 0 spiro atoms. The van der Waals surface area contributed by atoms with Gasteiger partial charge in [0.1, 0.15) is 23.0 Å². The minimum Gasteiger partial charge on any atom is -0.456 e. The summed E-state index contributed by atoms with van der Waals surface area (Å²) in [6.07, 6.45) is 0. The molecule has 5 heteroatoms. The monoisotopic (exact) mass is 356 g/mol. The maximum absolute atomic E-state index is 6.31. The van der Waals surface area contributed by atoms with E-state index >= 15 is 0 Å². The van der Waals surface area contributed by atoms with E-state index in [9.17, 15) is 0 Å². The van der Waals surface area contributed by atoms with Gasteiger partial charge in [0.2, 0.25) is 0 Å². The van der Waals surface area contributed by atoms with Crippen molar-refractivity contribution in [3.63, 3.8) is 0 Å². The Morgan fingerprint density at radius 1 is 0.739 bits per heavy atom. The van der Waals surface area contributed by atoms with Gasteiger partial charge in [0.25, 0.3) is 0 Å². The van der Waals surface area contributed by atoms with Crippen molar-refractivity contribution < 1.29 is 9.47 Å². The van der Waals surface area contributed by atoms with Gasteiger partial charge in [0, 0.05) is 21.7 Å². The number of para-hydroxylation sites is 1. The Morgan fingerprint density at radius 3 is 2.22 bits per heavy atom.